The SMILES string of the molecule is CCOc1ccc(/C(CCCC/C(=N/O)c2ccc(OCC)cc2)=N\O)cc1. The summed E-state index contributed by atoms with van der Waals surface area (Å²) in [6, 6.07) is 15.0. The van der Waals surface area contributed by atoms with Gasteiger partial charge in [0.2, 0.25) is 0 Å². The van der Waals surface area contributed by atoms with E-state index in [0.717, 1.165) is 35.5 Å². The van der Waals surface area contributed by atoms with E-state index in [9.17, 15) is 10.4 Å². The zero-order valence-electron chi connectivity index (χ0n) is 16.5. The van der Waals surface area contributed by atoms with Crippen LogP contribution in [-0.2, 0) is 0 Å². The normalized spacial score (nSPS) is 12.1. The van der Waals surface area contributed by atoms with Crippen LogP contribution >= 0.6 is 0 Å². The lowest BCUT2D eigenvalue weighted by molar-refractivity contribution is 0.316. The third-order valence-electron chi connectivity index (χ3n) is 4.32. The molecule has 0 atom stereocenters. The molecule has 0 unspecified atom stereocenters. The fourth-order valence-electron chi connectivity index (χ4n) is 2.91. The van der Waals surface area contributed by atoms with E-state index < -0.39 is 0 Å². The Morgan fingerprint density at radius 3 is 1.32 bits per heavy atom. The molecule has 0 aliphatic carbocycles. The fourth-order valence-corrected chi connectivity index (χ4v) is 2.91. The summed E-state index contributed by atoms with van der Waals surface area (Å²) in [5.41, 5.74) is 3.00. The van der Waals surface area contributed by atoms with E-state index in [0.29, 0.717) is 37.5 Å². The third kappa shape index (κ3) is 6.30. The summed E-state index contributed by atoms with van der Waals surface area (Å²) < 4.78 is 10.9. The van der Waals surface area contributed by atoms with Gasteiger partial charge in [0.05, 0.1) is 24.6 Å². The van der Waals surface area contributed by atoms with Gasteiger partial charge in [0.15, 0.2) is 0 Å². The maximum atomic E-state index is 9.34. The summed E-state index contributed by atoms with van der Waals surface area (Å²) in [6.07, 6.45) is 2.88. The summed E-state index contributed by atoms with van der Waals surface area (Å²) in [5, 5.41) is 25.5. The van der Waals surface area contributed by atoms with Crippen LogP contribution in [-0.4, -0.2) is 35.1 Å². The van der Waals surface area contributed by atoms with Crippen LogP contribution in [0.4, 0.5) is 0 Å². The van der Waals surface area contributed by atoms with Crippen molar-refractivity contribution < 1.29 is 19.9 Å². The van der Waals surface area contributed by atoms with Gasteiger partial charge in [-0.3, -0.25) is 0 Å². The Kier molecular flexibility index (Phi) is 8.85. The molecular formula is C22H28N2O4. The third-order valence-corrected chi connectivity index (χ3v) is 4.32. The highest BCUT2D eigenvalue weighted by molar-refractivity contribution is 6.01. The molecule has 0 spiro atoms. The molecule has 2 N–H and O–H groups in total. The van der Waals surface area contributed by atoms with Gasteiger partial charge in [0.1, 0.15) is 11.5 Å². The second-order valence-electron chi connectivity index (χ2n) is 6.22. The van der Waals surface area contributed by atoms with E-state index in [1.54, 1.807) is 0 Å². The molecule has 0 heterocycles. The molecule has 0 amide bonds. The molecule has 28 heavy (non-hydrogen) atoms. The van der Waals surface area contributed by atoms with Crippen molar-refractivity contribution in [1.82, 2.24) is 0 Å². The predicted molar refractivity (Wildman–Crippen MR) is 110 cm³/mol. The Labute approximate surface area is 166 Å². The lowest BCUT2D eigenvalue weighted by atomic mass is 10.0. The monoisotopic (exact) mass is 384 g/mol. The van der Waals surface area contributed by atoms with E-state index in [4.69, 9.17) is 9.47 Å². The minimum absolute atomic E-state index is 0.614. The Balaban J connectivity index is 1.85. The van der Waals surface area contributed by atoms with Gasteiger partial charge in [-0.15, -0.1) is 0 Å². The number of unbranched alkanes of at least 4 members (excludes halogenated alkanes) is 1. The zero-order valence-corrected chi connectivity index (χ0v) is 16.5. The highest BCUT2D eigenvalue weighted by atomic mass is 16.5. The number of hydrogen-bond donors (Lipinski definition) is 2. The summed E-state index contributed by atoms with van der Waals surface area (Å²) >= 11 is 0. The molecule has 2 rings (SSSR count). The van der Waals surface area contributed by atoms with Gasteiger partial charge in [-0.2, -0.15) is 0 Å². The fraction of sp³-hybridized carbons (Fsp3) is 0.364. The smallest absolute Gasteiger partial charge is 0.119 e. The number of nitrogens with zero attached hydrogens (tertiary/aromatic N) is 2. The van der Waals surface area contributed by atoms with E-state index in [-0.39, 0.29) is 0 Å². The summed E-state index contributed by atoms with van der Waals surface area (Å²) in [6.45, 7) is 5.10. The number of hydrogen-bond acceptors (Lipinski definition) is 6. The number of ether oxygens (including phenoxy) is 2. The molecule has 0 bridgehead atoms. The molecule has 0 aromatic heterocycles. The molecule has 150 valence electrons. The van der Waals surface area contributed by atoms with Crippen molar-refractivity contribution >= 4 is 11.4 Å². The first kappa shape index (κ1) is 21.3. The lowest BCUT2D eigenvalue weighted by Crippen LogP contribution is -2.04. The number of rotatable bonds is 11. The van der Waals surface area contributed by atoms with Crippen molar-refractivity contribution in [3.8, 4) is 11.5 Å². The second kappa shape index (κ2) is 11.6. The number of oxime groups is 2. The van der Waals surface area contributed by atoms with E-state index in [1.807, 2.05) is 62.4 Å². The van der Waals surface area contributed by atoms with Gasteiger partial charge < -0.3 is 19.9 Å². The summed E-state index contributed by atoms with van der Waals surface area (Å²) in [5.74, 6) is 1.59. The molecule has 6 nitrogen and oxygen atoms in total. The Morgan fingerprint density at radius 1 is 0.679 bits per heavy atom. The first-order valence-electron chi connectivity index (χ1n) is 9.60. The molecule has 0 radical (unpaired) electrons. The quantitative estimate of drug-likeness (QED) is 0.244. The maximum absolute atomic E-state index is 9.34. The van der Waals surface area contributed by atoms with Crippen LogP contribution in [0.2, 0.25) is 0 Å². The van der Waals surface area contributed by atoms with E-state index in [2.05, 4.69) is 10.3 Å². The van der Waals surface area contributed by atoms with Crippen LogP contribution in [0.3, 0.4) is 0 Å². The van der Waals surface area contributed by atoms with Crippen LogP contribution < -0.4 is 9.47 Å². The van der Waals surface area contributed by atoms with Gasteiger partial charge in [0.25, 0.3) is 0 Å². The molecule has 0 aliphatic heterocycles. The van der Waals surface area contributed by atoms with Crippen LogP contribution in [0.25, 0.3) is 0 Å². The van der Waals surface area contributed by atoms with Gasteiger partial charge in [-0.05, 0) is 99.2 Å². The molecule has 2 aromatic carbocycles. The standard InChI is InChI=1S/C22H28N2O4/c1-3-27-19-13-9-17(10-14-19)21(23-25)7-5-6-8-22(24-26)18-11-15-20(16-12-18)28-4-2/h9-16,25-26H,3-8H2,1-2H3/b23-21-,24-22-. The average Bonchev–Trinajstić information content (AvgIpc) is 2.73. The Hall–Kier alpha value is -3.02. The van der Waals surface area contributed by atoms with Gasteiger partial charge >= 0.3 is 0 Å². The van der Waals surface area contributed by atoms with Crippen LogP contribution in [0.1, 0.15) is 50.7 Å². The predicted octanol–water partition coefficient (Wildman–Crippen LogP) is 5.10. The van der Waals surface area contributed by atoms with Crippen molar-refractivity contribution in [3.63, 3.8) is 0 Å². The van der Waals surface area contributed by atoms with Crippen molar-refractivity contribution in [1.29, 1.82) is 0 Å². The highest BCUT2D eigenvalue weighted by Gasteiger charge is 2.08. The van der Waals surface area contributed by atoms with Crippen LogP contribution in [0.15, 0.2) is 58.8 Å². The first-order chi connectivity index (χ1) is 13.7. The Bertz CT molecular complexity index is 701. The van der Waals surface area contributed by atoms with Crippen molar-refractivity contribution in [2.45, 2.75) is 39.5 Å². The molecule has 0 aliphatic rings. The van der Waals surface area contributed by atoms with Crippen molar-refractivity contribution in [3.05, 3.63) is 59.7 Å². The van der Waals surface area contributed by atoms with Gasteiger partial charge in [-0.1, -0.05) is 10.3 Å². The summed E-state index contributed by atoms with van der Waals surface area (Å²) in [4.78, 5) is 0. The van der Waals surface area contributed by atoms with E-state index in [1.165, 1.54) is 0 Å². The lowest BCUT2D eigenvalue weighted by Gasteiger charge is -2.08. The average molecular weight is 384 g/mol. The Morgan fingerprint density at radius 2 is 1.04 bits per heavy atom. The molecule has 0 fully saturated rings. The molecule has 0 saturated carbocycles. The summed E-state index contributed by atoms with van der Waals surface area (Å²) in [7, 11) is 0. The zero-order chi connectivity index (χ0) is 20.2. The minimum Gasteiger partial charge on any atom is -0.494 e. The maximum Gasteiger partial charge on any atom is 0.119 e. The molecule has 0 saturated heterocycles. The van der Waals surface area contributed by atoms with Gasteiger partial charge in [-0.25, -0.2) is 0 Å². The number of benzene rings is 2. The highest BCUT2D eigenvalue weighted by Crippen LogP contribution is 2.18. The van der Waals surface area contributed by atoms with Crippen molar-refractivity contribution in [2.24, 2.45) is 10.3 Å². The molecule has 2 aromatic rings. The molecular weight excluding hydrogens is 356 g/mol. The largest absolute Gasteiger partial charge is 0.494 e. The van der Waals surface area contributed by atoms with E-state index >= 15 is 0 Å². The first-order valence-corrected chi connectivity index (χ1v) is 9.60. The minimum atomic E-state index is 0.614. The molecule has 6 heteroatoms. The van der Waals surface area contributed by atoms with Crippen molar-refractivity contribution in [2.75, 3.05) is 13.2 Å². The van der Waals surface area contributed by atoms with Crippen LogP contribution in [0, 0.1) is 0 Å². The topological polar surface area (TPSA) is 83.6 Å². The van der Waals surface area contributed by atoms with Crippen LogP contribution in [0.5, 0.6) is 11.5 Å². The second-order valence-corrected chi connectivity index (χ2v) is 6.22. The van der Waals surface area contributed by atoms with Gasteiger partial charge in [0, 0.05) is 0 Å².